The smallest absolute Gasteiger partial charge is 0.306 e. The Bertz CT molecular complexity index is 796. The van der Waals surface area contributed by atoms with Crippen LogP contribution in [0.15, 0.2) is 42.5 Å². The van der Waals surface area contributed by atoms with Crippen LogP contribution in [0.1, 0.15) is 29.2 Å². The summed E-state index contributed by atoms with van der Waals surface area (Å²) < 4.78 is 6.46. The van der Waals surface area contributed by atoms with Crippen molar-refractivity contribution in [3.05, 3.63) is 58.9 Å². The summed E-state index contributed by atoms with van der Waals surface area (Å²) in [6.07, 6.45) is 2.64. The first kappa shape index (κ1) is 16.6. The van der Waals surface area contributed by atoms with Gasteiger partial charge in [-0.15, -0.1) is 11.3 Å². The number of aromatic nitrogens is 2. The van der Waals surface area contributed by atoms with Crippen LogP contribution in [-0.4, -0.2) is 22.5 Å². The summed E-state index contributed by atoms with van der Waals surface area (Å²) in [7, 11) is 0. The molecule has 0 aliphatic rings. The van der Waals surface area contributed by atoms with Gasteiger partial charge in [-0.3, -0.25) is 9.78 Å². The third-order valence-electron chi connectivity index (χ3n) is 3.67. The van der Waals surface area contributed by atoms with E-state index in [1.165, 1.54) is 0 Å². The lowest BCUT2D eigenvalue weighted by molar-refractivity contribution is -0.143. The fourth-order valence-electron chi connectivity index (χ4n) is 2.49. The first-order valence-corrected chi connectivity index (χ1v) is 8.95. The number of carbonyl (C=O) groups is 1. The second kappa shape index (κ2) is 8.02. The molecule has 0 amide bonds. The lowest BCUT2D eigenvalue weighted by Crippen LogP contribution is -2.08. The molecular formula is C19H20N2O2S. The number of aryl methyl sites for hydroxylation is 3. The quantitative estimate of drug-likeness (QED) is 0.480. The molecule has 0 bridgehead atoms. The van der Waals surface area contributed by atoms with Crippen molar-refractivity contribution in [2.75, 3.05) is 6.61 Å². The third kappa shape index (κ3) is 4.61. The highest BCUT2D eigenvalue weighted by molar-refractivity contribution is 7.18. The van der Waals surface area contributed by atoms with Gasteiger partial charge in [0.2, 0.25) is 0 Å². The van der Waals surface area contributed by atoms with Crippen LogP contribution in [-0.2, 0) is 22.4 Å². The van der Waals surface area contributed by atoms with Gasteiger partial charge < -0.3 is 4.74 Å². The topological polar surface area (TPSA) is 52.1 Å². The standard InChI is InChI=1S/C19H20N2O2S/c1-14-6-4-7-15(20-14)8-5-13-23-19(22)12-11-18-21-16-9-2-3-10-17(16)24-18/h2-4,6-7,9-10H,5,8,11-13H2,1H3. The molecule has 0 saturated heterocycles. The predicted octanol–water partition coefficient (Wildman–Crippen LogP) is 4.11. The first-order valence-electron chi connectivity index (χ1n) is 8.13. The number of pyridine rings is 1. The normalized spacial score (nSPS) is 10.9. The summed E-state index contributed by atoms with van der Waals surface area (Å²) >= 11 is 1.64. The molecule has 0 atom stereocenters. The minimum atomic E-state index is -0.161. The van der Waals surface area contributed by atoms with Gasteiger partial charge in [0.05, 0.1) is 28.3 Å². The van der Waals surface area contributed by atoms with Gasteiger partial charge in [0.15, 0.2) is 0 Å². The second-order valence-corrected chi connectivity index (χ2v) is 6.78. The van der Waals surface area contributed by atoms with Crippen molar-refractivity contribution >= 4 is 27.5 Å². The summed E-state index contributed by atoms with van der Waals surface area (Å²) in [5, 5.41) is 0.983. The van der Waals surface area contributed by atoms with Crippen LogP contribution >= 0.6 is 11.3 Å². The fourth-order valence-corrected chi connectivity index (χ4v) is 3.45. The van der Waals surface area contributed by atoms with Crippen LogP contribution in [0.4, 0.5) is 0 Å². The highest BCUT2D eigenvalue weighted by Crippen LogP contribution is 2.22. The zero-order valence-corrected chi connectivity index (χ0v) is 14.5. The van der Waals surface area contributed by atoms with Gasteiger partial charge in [-0.25, -0.2) is 4.98 Å². The van der Waals surface area contributed by atoms with Gasteiger partial charge in [0.25, 0.3) is 0 Å². The Kier molecular flexibility index (Phi) is 5.54. The van der Waals surface area contributed by atoms with E-state index in [2.05, 4.69) is 9.97 Å². The molecule has 5 heteroatoms. The number of carbonyl (C=O) groups excluding carboxylic acids is 1. The van der Waals surface area contributed by atoms with Gasteiger partial charge in [0, 0.05) is 17.8 Å². The molecule has 3 rings (SSSR count). The number of esters is 1. The SMILES string of the molecule is Cc1cccc(CCCOC(=O)CCc2nc3ccccc3s2)n1. The van der Waals surface area contributed by atoms with Crippen LogP contribution in [0, 0.1) is 6.92 Å². The lowest BCUT2D eigenvalue weighted by Gasteiger charge is -2.04. The third-order valence-corrected chi connectivity index (χ3v) is 4.76. The Balaban J connectivity index is 1.38. The molecule has 2 heterocycles. The Morgan fingerprint density at radius 3 is 2.79 bits per heavy atom. The maximum atomic E-state index is 11.8. The fraction of sp³-hybridized carbons (Fsp3) is 0.316. The van der Waals surface area contributed by atoms with E-state index in [0.29, 0.717) is 19.4 Å². The van der Waals surface area contributed by atoms with Crippen molar-refractivity contribution in [2.24, 2.45) is 0 Å². The molecule has 0 saturated carbocycles. The lowest BCUT2D eigenvalue weighted by atomic mass is 10.2. The van der Waals surface area contributed by atoms with E-state index in [0.717, 1.165) is 39.5 Å². The highest BCUT2D eigenvalue weighted by Gasteiger charge is 2.08. The molecule has 0 unspecified atom stereocenters. The van der Waals surface area contributed by atoms with Crippen molar-refractivity contribution in [2.45, 2.75) is 32.6 Å². The maximum absolute atomic E-state index is 11.8. The minimum Gasteiger partial charge on any atom is -0.466 e. The van der Waals surface area contributed by atoms with E-state index in [1.54, 1.807) is 11.3 Å². The van der Waals surface area contributed by atoms with E-state index in [1.807, 2.05) is 49.4 Å². The van der Waals surface area contributed by atoms with Gasteiger partial charge in [-0.1, -0.05) is 18.2 Å². The Morgan fingerprint density at radius 2 is 1.96 bits per heavy atom. The molecule has 0 radical (unpaired) electrons. The molecule has 0 N–H and O–H groups in total. The summed E-state index contributed by atoms with van der Waals surface area (Å²) in [6.45, 7) is 2.42. The summed E-state index contributed by atoms with van der Waals surface area (Å²) in [4.78, 5) is 20.8. The Hall–Kier alpha value is -2.27. The number of rotatable bonds is 7. The first-order chi connectivity index (χ1) is 11.7. The molecular weight excluding hydrogens is 320 g/mol. The zero-order valence-electron chi connectivity index (χ0n) is 13.7. The van der Waals surface area contributed by atoms with Crippen molar-refractivity contribution in [3.8, 4) is 0 Å². The number of hydrogen-bond donors (Lipinski definition) is 0. The molecule has 0 aliphatic heterocycles. The zero-order chi connectivity index (χ0) is 16.8. The van der Waals surface area contributed by atoms with Gasteiger partial charge >= 0.3 is 5.97 Å². The van der Waals surface area contributed by atoms with Gasteiger partial charge in [-0.05, 0) is 44.0 Å². The van der Waals surface area contributed by atoms with E-state index in [-0.39, 0.29) is 5.97 Å². The molecule has 0 aliphatic carbocycles. The van der Waals surface area contributed by atoms with Crippen LogP contribution < -0.4 is 0 Å². The largest absolute Gasteiger partial charge is 0.466 e. The van der Waals surface area contributed by atoms with Gasteiger partial charge in [-0.2, -0.15) is 0 Å². The molecule has 0 fully saturated rings. The van der Waals surface area contributed by atoms with E-state index >= 15 is 0 Å². The van der Waals surface area contributed by atoms with E-state index in [9.17, 15) is 4.79 Å². The Morgan fingerprint density at radius 1 is 1.08 bits per heavy atom. The number of benzene rings is 1. The molecule has 1 aromatic carbocycles. The molecule has 2 aromatic heterocycles. The average Bonchev–Trinajstić information content (AvgIpc) is 3.00. The van der Waals surface area contributed by atoms with Crippen LogP contribution in [0.2, 0.25) is 0 Å². The highest BCUT2D eigenvalue weighted by atomic mass is 32.1. The Labute approximate surface area is 145 Å². The second-order valence-electron chi connectivity index (χ2n) is 5.67. The number of hydrogen-bond acceptors (Lipinski definition) is 5. The monoisotopic (exact) mass is 340 g/mol. The molecule has 0 spiro atoms. The van der Waals surface area contributed by atoms with E-state index < -0.39 is 0 Å². The molecule has 3 aromatic rings. The molecule has 24 heavy (non-hydrogen) atoms. The van der Waals surface area contributed by atoms with Crippen molar-refractivity contribution in [1.82, 2.24) is 9.97 Å². The number of para-hydroxylation sites is 1. The molecule has 124 valence electrons. The number of thiazole rings is 1. The summed E-state index contributed by atoms with van der Waals surface area (Å²) in [5.41, 5.74) is 3.05. The molecule has 4 nitrogen and oxygen atoms in total. The predicted molar refractivity (Wildman–Crippen MR) is 96.2 cm³/mol. The number of fused-ring (bicyclic) bond motifs is 1. The van der Waals surface area contributed by atoms with E-state index in [4.69, 9.17) is 4.74 Å². The van der Waals surface area contributed by atoms with Gasteiger partial charge in [0.1, 0.15) is 0 Å². The van der Waals surface area contributed by atoms with Crippen molar-refractivity contribution in [1.29, 1.82) is 0 Å². The number of ether oxygens (including phenoxy) is 1. The van der Waals surface area contributed by atoms with Crippen LogP contribution in [0.5, 0.6) is 0 Å². The van der Waals surface area contributed by atoms with Crippen molar-refractivity contribution < 1.29 is 9.53 Å². The average molecular weight is 340 g/mol. The maximum Gasteiger partial charge on any atom is 0.306 e. The van der Waals surface area contributed by atoms with Crippen LogP contribution in [0.3, 0.4) is 0 Å². The minimum absolute atomic E-state index is 0.161. The number of nitrogens with zero attached hydrogens (tertiary/aromatic N) is 2. The van der Waals surface area contributed by atoms with Crippen LogP contribution in [0.25, 0.3) is 10.2 Å². The van der Waals surface area contributed by atoms with Crippen molar-refractivity contribution in [3.63, 3.8) is 0 Å². The summed E-state index contributed by atoms with van der Waals surface area (Å²) in [5.74, 6) is -0.161. The summed E-state index contributed by atoms with van der Waals surface area (Å²) in [6, 6.07) is 14.0.